The third-order valence-electron chi connectivity index (χ3n) is 4.69. The van der Waals surface area contributed by atoms with Crippen LogP contribution in [0.3, 0.4) is 0 Å². The van der Waals surface area contributed by atoms with Gasteiger partial charge in [0.15, 0.2) is 5.13 Å². The Balaban J connectivity index is 1.50. The minimum Gasteiger partial charge on any atom is -0.325 e. The van der Waals surface area contributed by atoms with Gasteiger partial charge < -0.3 is 5.32 Å². The summed E-state index contributed by atoms with van der Waals surface area (Å²) in [5.41, 5.74) is 2.01. The molecule has 1 unspecified atom stereocenters. The Kier molecular flexibility index (Phi) is 5.99. The Morgan fingerprint density at radius 1 is 1.14 bits per heavy atom. The highest BCUT2D eigenvalue weighted by Crippen LogP contribution is 2.37. The highest BCUT2D eigenvalue weighted by molar-refractivity contribution is 9.10. The lowest BCUT2D eigenvalue weighted by atomic mass is 9.90. The van der Waals surface area contributed by atoms with Gasteiger partial charge in [0.2, 0.25) is 5.91 Å². The molecule has 1 aliphatic rings. The molecule has 2 N–H and O–H groups in total. The molecule has 1 aromatic heterocycles. The van der Waals surface area contributed by atoms with E-state index >= 15 is 0 Å². The van der Waals surface area contributed by atoms with Crippen molar-refractivity contribution in [3.05, 3.63) is 74.2 Å². The van der Waals surface area contributed by atoms with Gasteiger partial charge in [0.05, 0.1) is 11.6 Å². The maximum absolute atomic E-state index is 12.9. The van der Waals surface area contributed by atoms with E-state index in [1.165, 1.54) is 11.3 Å². The highest BCUT2D eigenvalue weighted by Gasteiger charge is 2.30. The molecule has 0 fully saturated rings. The second-order valence-corrected chi connectivity index (χ2v) is 9.17. The van der Waals surface area contributed by atoms with E-state index in [0.29, 0.717) is 15.7 Å². The van der Waals surface area contributed by atoms with Gasteiger partial charge in [-0.3, -0.25) is 14.9 Å². The topological polar surface area (TPSA) is 71.1 Å². The first-order valence-corrected chi connectivity index (χ1v) is 11.1. The summed E-state index contributed by atoms with van der Waals surface area (Å²) in [6.45, 7) is 0. The number of aryl methyl sites for hydroxylation is 1. The van der Waals surface area contributed by atoms with Crippen LogP contribution in [0.1, 0.15) is 39.7 Å². The third kappa shape index (κ3) is 4.69. The minimum absolute atomic E-state index is 0.0788. The van der Waals surface area contributed by atoms with Gasteiger partial charge in [-0.05, 0) is 61.7 Å². The molecule has 1 heterocycles. The van der Waals surface area contributed by atoms with Crippen molar-refractivity contribution in [1.29, 1.82) is 0 Å². The highest BCUT2D eigenvalue weighted by atomic mass is 79.9. The Hall–Kier alpha value is -2.22. The van der Waals surface area contributed by atoms with E-state index in [9.17, 15) is 9.59 Å². The van der Waals surface area contributed by atoms with Crippen LogP contribution in [0.4, 0.5) is 10.8 Å². The zero-order valence-electron chi connectivity index (χ0n) is 15.2. The first-order valence-electron chi connectivity index (χ1n) is 9.12. The van der Waals surface area contributed by atoms with Crippen molar-refractivity contribution in [3.8, 4) is 0 Å². The van der Waals surface area contributed by atoms with Gasteiger partial charge >= 0.3 is 0 Å². The Morgan fingerprint density at radius 3 is 2.69 bits per heavy atom. The van der Waals surface area contributed by atoms with Gasteiger partial charge in [-0.2, -0.15) is 0 Å². The van der Waals surface area contributed by atoms with Crippen LogP contribution in [0.25, 0.3) is 0 Å². The summed E-state index contributed by atoms with van der Waals surface area (Å²) in [6.07, 6.45) is 2.52. The largest absolute Gasteiger partial charge is 0.325 e. The van der Waals surface area contributed by atoms with E-state index in [4.69, 9.17) is 11.6 Å². The van der Waals surface area contributed by atoms with Gasteiger partial charge in [0.1, 0.15) is 0 Å². The van der Waals surface area contributed by atoms with Crippen LogP contribution < -0.4 is 10.6 Å². The second kappa shape index (κ2) is 8.65. The monoisotopic (exact) mass is 489 g/mol. The molecule has 148 valence electrons. The van der Waals surface area contributed by atoms with E-state index in [1.54, 1.807) is 24.3 Å². The number of aromatic nitrogens is 1. The minimum atomic E-state index is -0.324. The number of hydrogen-bond acceptors (Lipinski definition) is 4. The number of carbonyl (C=O) groups excluding carboxylic acids is 2. The van der Waals surface area contributed by atoms with Crippen molar-refractivity contribution in [1.82, 2.24) is 4.98 Å². The van der Waals surface area contributed by atoms with Crippen molar-refractivity contribution in [3.63, 3.8) is 0 Å². The van der Waals surface area contributed by atoms with Crippen LogP contribution in [0.15, 0.2) is 53.0 Å². The number of benzene rings is 2. The first kappa shape index (κ1) is 20.1. The third-order valence-corrected chi connectivity index (χ3v) is 6.48. The number of hydrogen-bond donors (Lipinski definition) is 2. The molecule has 4 rings (SSSR count). The van der Waals surface area contributed by atoms with Crippen molar-refractivity contribution in [2.24, 2.45) is 0 Å². The number of nitrogens with zero attached hydrogens (tertiary/aromatic N) is 1. The number of halogens is 2. The quantitative estimate of drug-likeness (QED) is 0.480. The second-order valence-electron chi connectivity index (χ2n) is 6.73. The molecule has 1 aliphatic carbocycles. The van der Waals surface area contributed by atoms with Crippen LogP contribution in [0.5, 0.6) is 0 Å². The Morgan fingerprint density at radius 2 is 1.93 bits per heavy atom. The fraction of sp³-hybridized carbons (Fsp3) is 0.190. The molecule has 8 heteroatoms. The zero-order chi connectivity index (χ0) is 20.4. The predicted octanol–water partition coefficient (Wildman–Crippen LogP) is 5.87. The van der Waals surface area contributed by atoms with Crippen LogP contribution in [-0.4, -0.2) is 16.8 Å². The van der Waals surface area contributed by atoms with Gasteiger partial charge in [-0.15, -0.1) is 11.3 Å². The number of carbonyl (C=O) groups is 2. The molecular formula is C21H17BrClN3O2S. The van der Waals surface area contributed by atoms with Gasteiger partial charge in [-0.1, -0.05) is 33.6 Å². The van der Waals surface area contributed by atoms with Crippen LogP contribution in [-0.2, 0) is 11.2 Å². The van der Waals surface area contributed by atoms with Gasteiger partial charge in [0.25, 0.3) is 5.91 Å². The average Bonchev–Trinajstić information content (AvgIpc) is 3.10. The molecule has 0 spiro atoms. The number of rotatable bonds is 4. The van der Waals surface area contributed by atoms with Crippen molar-refractivity contribution < 1.29 is 9.59 Å². The lowest BCUT2D eigenvalue weighted by Crippen LogP contribution is -2.24. The summed E-state index contributed by atoms with van der Waals surface area (Å²) in [5.74, 6) is -0.650. The molecule has 0 radical (unpaired) electrons. The standard InChI is InChI=1S/C21H17BrClN3O2S/c22-13-3-1-4-15(11-13)24-20(28)16-5-2-6-17-18(16)25-21(29-17)26-19(27)12-7-9-14(23)10-8-12/h1,3-4,7-11,16H,2,5-6H2,(H,24,28)(H,25,26,27). The number of amides is 2. The summed E-state index contributed by atoms with van der Waals surface area (Å²) >= 11 is 10.7. The molecule has 0 saturated carbocycles. The number of nitrogens with one attached hydrogen (secondary N) is 2. The zero-order valence-corrected chi connectivity index (χ0v) is 18.4. The summed E-state index contributed by atoms with van der Waals surface area (Å²) in [6, 6.07) is 14.2. The molecule has 0 saturated heterocycles. The SMILES string of the molecule is O=C(Nc1nc2c(s1)CCCC2C(=O)Nc1cccc(Br)c1)c1ccc(Cl)cc1. The number of thiazole rings is 1. The van der Waals surface area contributed by atoms with E-state index < -0.39 is 0 Å². The van der Waals surface area contributed by atoms with Crippen molar-refractivity contribution in [2.45, 2.75) is 25.2 Å². The van der Waals surface area contributed by atoms with Crippen LogP contribution in [0, 0.1) is 0 Å². The summed E-state index contributed by atoms with van der Waals surface area (Å²) in [7, 11) is 0. The summed E-state index contributed by atoms with van der Waals surface area (Å²) < 4.78 is 0.903. The average molecular weight is 491 g/mol. The normalized spacial score (nSPS) is 15.4. The maximum atomic E-state index is 12.9. The maximum Gasteiger partial charge on any atom is 0.257 e. The predicted molar refractivity (Wildman–Crippen MR) is 120 cm³/mol. The molecule has 3 aromatic rings. The fourth-order valence-electron chi connectivity index (χ4n) is 3.29. The molecule has 2 aromatic carbocycles. The van der Waals surface area contributed by atoms with Gasteiger partial charge in [-0.25, -0.2) is 4.98 Å². The molecule has 5 nitrogen and oxygen atoms in total. The lowest BCUT2D eigenvalue weighted by molar-refractivity contribution is -0.117. The van der Waals surface area contributed by atoms with Crippen molar-refractivity contribution in [2.75, 3.05) is 10.6 Å². The molecule has 1 atom stereocenters. The number of anilines is 2. The molecule has 0 aliphatic heterocycles. The van der Waals surface area contributed by atoms with Crippen molar-refractivity contribution >= 4 is 61.5 Å². The smallest absolute Gasteiger partial charge is 0.257 e. The number of fused-ring (bicyclic) bond motifs is 1. The molecule has 0 bridgehead atoms. The van der Waals surface area contributed by atoms with E-state index in [1.807, 2.05) is 24.3 Å². The van der Waals surface area contributed by atoms with Crippen LogP contribution >= 0.6 is 38.9 Å². The van der Waals surface area contributed by atoms with Crippen LogP contribution in [0.2, 0.25) is 5.02 Å². The van der Waals surface area contributed by atoms with E-state index in [0.717, 1.165) is 40.0 Å². The van der Waals surface area contributed by atoms with E-state index in [-0.39, 0.29) is 17.7 Å². The Labute approximate surface area is 185 Å². The first-order chi connectivity index (χ1) is 14.0. The Bertz CT molecular complexity index is 1070. The van der Waals surface area contributed by atoms with E-state index in [2.05, 4.69) is 31.5 Å². The molecule has 29 heavy (non-hydrogen) atoms. The molecular weight excluding hydrogens is 474 g/mol. The molecule has 2 amide bonds. The fourth-order valence-corrected chi connectivity index (χ4v) is 4.88. The summed E-state index contributed by atoms with van der Waals surface area (Å²) in [4.78, 5) is 31.0. The lowest BCUT2D eigenvalue weighted by Gasteiger charge is -2.20. The van der Waals surface area contributed by atoms with Gasteiger partial charge in [0, 0.05) is 25.6 Å². The summed E-state index contributed by atoms with van der Waals surface area (Å²) in [5, 5.41) is 6.90.